The molecule has 0 atom stereocenters. The Bertz CT molecular complexity index is 495. The van der Waals surface area contributed by atoms with Gasteiger partial charge >= 0.3 is 12.1 Å². The Morgan fingerprint density at radius 2 is 1.71 bits per heavy atom. The van der Waals surface area contributed by atoms with Crippen molar-refractivity contribution in [2.45, 2.75) is 18.9 Å². The molecule has 0 spiro atoms. The number of nitrogens with zero attached hydrogens (tertiary/aromatic N) is 1. The largest absolute Gasteiger partial charge is 0.382 e. The van der Waals surface area contributed by atoms with Crippen molar-refractivity contribution in [3.63, 3.8) is 0 Å². The maximum absolute atomic E-state index is 11.2. The molecule has 0 saturated carbocycles. The average molecular weight is 291 g/mol. The normalized spacial score (nSPS) is 15.4. The molecule has 7 heteroatoms. The zero-order valence-electron chi connectivity index (χ0n) is 12.1. The van der Waals surface area contributed by atoms with Crippen molar-refractivity contribution in [1.82, 2.24) is 10.2 Å². The molecule has 1 aromatic carbocycles. The van der Waals surface area contributed by atoms with E-state index in [1.807, 2.05) is 24.3 Å². The second-order valence-corrected chi connectivity index (χ2v) is 5.03. The first-order valence-electron chi connectivity index (χ1n) is 6.98. The van der Waals surface area contributed by atoms with Crippen molar-refractivity contribution in [2.75, 3.05) is 30.8 Å². The summed E-state index contributed by atoms with van der Waals surface area (Å²) in [5, 5.41) is 8.63. The number of carbonyl (C=O) groups is 2. The highest BCUT2D eigenvalue weighted by Crippen LogP contribution is 2.18. The molecule has 0 radical (unpaired) electrons. The molecule has 2 rings (SSSR count). The first-order chi connectivity index (χ1) is 10.1. The van der Waals surface area contributed by atoms with Crippen LogP contribution >= 0.6 is 0 Å². The molecule has 21 heavy (non-hydrogen) atoms. The van der Waals surface area contributed by atoms with Gasteiger partial charge in [-0.05, 0) is 37.1 Å². The summed E-state index contributed by atoms with van der Waals surface area (Å²) in [6, 6.07) is 7.27. The SMILES string of the molecule is CNC(=O)Nc1ccc(NC2CCN(C(N)=O)CC2)cc1. The van der Waals surface area contributed by atoms with Gasteiger partial charge in [0.25, 0.3) is 0 Å². The zero-order chi connectivity index (χ0) is 15.2. The van der Waals surface area contributed by atoms with E-state index < -0.39 is 0 Å². The van der Waals surface area contributed by atoms with E-state index in [9.17, 15) is 9.59 Å². The van der Waals surface area contributed by atoms with Gasteiger partial charge in [0.05, 0.1) is 0 Å². The van der Waals surface area contributed by atoms with Crippen molar-refractivity contribution in [3.8, 4) is 0 Å². The van der Waals surface area contributed by atoms with Gasteiger partial charge in [0, 0.05) is 37.6 Å². The van der Waals surface area contributed by atoms with E-state index in [-0.39, 0.29) is 12.1 Å². The van der Waals surface area contributed by atoms with E-state index in [4.69, 9.17) is 5.73 Å². The van der Waals surface area contributed by atoms with Crippen LogP contribution in [0.4, 0.5) is 21.0 Å². The lowest BCUT2D eigenvalue weighted by atomic mass is 10.0. The third kappa shape index (κ3) is 4.27. The lowest BCUT2D eigenvalue weighted by molar-refractivity contribution is 0.193. The van der Waals surface area contributed by atoms with Gasteiger partial charge in [0.1, 0.15) is 0 Å². The number of benzene rings is 1. The van der Waals surface area contributed by atoms with Crippen LogP contribution in [0.1, 0.15) is 12.8 Å². The maximum Gasteiger partial charge on any atom is 0.318 e. The van der Waals surface area contributed by atoms with E-state index in [1.165, 1.54) is 0 Å². The average Bonchev–Trinajstić information content (AvgIpc) is 2.49. The molecule has 4 amide bonds. The topological polar surface area (TPSA) is 99.5 Å². The highest BCUT2D eigenvalue weighted by Gasteiger charge is 2.20. The van der Waals surface area contributed by atoms with Gasteiger partial charge in [-0.2, -0.15) is 0 Å². The zero-order valence-corrected chi connectivity index (χ0v) is 12.1. The number of rotatable bonds is 3. The molecule has 5 N–H and O–H groups in total. The summed E-state index contributed by atoms with van der Waals surface area (Å²) >= 11 is 0. The molecule has 1 aromatic rings. The summed E-state index contributed by atoms with van der Waals surface area (Å²) in [5.41, 5.74) is 6.99. The number of primary amides is 1. The number of carbonyl (C=O) groups excluding carboxylic acids is 2. The molecular weight excluding hydrogens is 270 g/mol. The second-order valence-electron chi connectivity index (χ2n) is 5.03. The number of hydrogen-bond acceptors (Lipinski definition) is 3. The summed E-state index contributed by atoms with van der Waals surface area (Å²) in [5.74, 6) is 0. The number of nitrogens with one attached hydrogen (secondary N) is 3. The van der Waals surface area contributed by atoms with Crippen LogP contribution in [0.15, 0.2) is 24.3 Å². The molecule has 1 aliphatic heterocycles. The van der Waals surface area contributed by atoms with Crippen molar-refractivity contribution < 1.29 is 9.59 Å². The molecule has 7 nitrogen and oxygen atoms in total. The van der Waals surface area contributed by atoms with Crippen molar-refractivity contribution >= 4 is 23.4 Å². The fourth-order valence-corrected chi connectivity index (χ4v) is 2.32. The van der Waals surface area contributed by atoms with Crippen molar-refractivity contribution in [1.29, 1.82) is 0 Å². The van der Waals surface area contributed by atoms with Crippen LogP contribution in [0, 0.1) is 0 Å². The predicted octanol–water partition coefficient (Wildman–Crippen LogP) is 1.39. The molecule has 0 aliphatic carbocycles. The van der Waals surface area contributed by atoms with Gasteiger partial charge in [-0.3, -0.25) is 0 Å². The molecule has 1 heterocycles. The van der Waals surface area contributed by atoms with Crippen LogP contribution in [0.5, 0.6) is 0 Å². The predicted molar refractivity (Wildman–Crippen MR) is 82.3 cm³/mol. The standard InChI is InChI=1S/C14H21N5O2/c1-16-14(21)18-11-4-2-10(3-5-11)17-12-6-8-19(9-7-12)13(15)20/h2-5,12,17H,6-9H2,1H3,(H2,15,20)(H2,16,18,21). The molecule has 0 unspecified atom stereocenters. The van der Waals surface area contributed by atoms with Crippen LogP contribution in [-0.4, -0.2) is 43.1 Å². The minimum Gasteiger partial charge on any atom is -0.382 e. The molecule has 0 bridgehead atoms. The molecule has 1 saturated heterocycles. The van der Waals surface area contributed by atoms with E-state index in [2.05, 4.69) is 16.0 Å². The molecular formula is C14H21N5O2. The minimum atomic E-state index is -0.349. The van der Waals surface area contributed by atoms with E-state index >= 15 is 0 Å². The van der Waals surface area contributed by atoms with Gasteiger partial charge in [0.2, 0.25) is 0 Å². The monoisotopic (exact) mass is 291 g/mol. The Labute approximate surface area is 123 Å². The lowest BCUT2D eigenvalue weighted by Crippen LogP contribution is -2.44. The number of urea groups is 2. The van der Waals surface area contributed by atoms with Crippen LogP contribution in [0.2, 0.25) is 0 Å². The lowest BCUT2D eigenvalue weighted by Gasteiger charge is -2.31. The third-order valence-corrected chi connectivity index (χ3v) is 3.55. The van der Waals surface area contributed by atoms with Crippen LogP contribution in [0.3, 0.4) is 0 Å². The van der Waals surface area contributed by atoms with Gasteiger partial charge in [-0.25, -0.2) is 9.59 Å². The van der Waals surface area contributed by atoms with Gasteiger partial charge < -0.3 is 26.6 Å². The Kier molecular flexibility index (Phi) is 4.86. The van der Waals surface area contributed by atoms with Crippen LogP contribution < -0.4 is 21.7 Å². The first-order valence-corrected chi connectivity index (χ1v) is 6.98. The summed E-state index contributed by atoms with van der Waals surface area (Å²) in [7, 11) is 1.57. The van der Waals surface area contributed by atoms with Crippen molar-refractivity contribution in [3.05, 3.63) is 24.3 Å². The van der Waals surface area contributed by atoms with Gasteiger partial charge in [-0.15, -0.1) is 0 Å². The highest BCUT2D eigenvalue weighted by atomic mass is 16.2. The van der Waals surface area contributed by atoms with E-state index in [1.54, 1.807) is 11.9 Å². The fraction of sp³-hybridized carbons (Fsp3) is 0.429. The number of anilines is 2. The fourth-order valence-electron chi connectivity index (χ4n) is 2.32. The Hall–Kier alpha value is -2.44. The summed E-state index contributed by atoms with van der Waals surface area (Å²) in [6.07, 6.45) is 1.75. The number of amides is 4. The smallest absolute Gasteiger partial charge is 0.318 e. The number of nitrogens with two attached hydrogens (primary N) is 1. The highest BCUT2D eigenvalue weighted by molar-refractivity contribution is 5.89. The first kappa shape index (κ1) is 15.0. The molecule has 1 aliphatic rings. The van der Waals surface area contributed by atoms with Crippen molar-refractivity contribution in [2.24, 2.45) is 5.73 Å². The minimum absolute atomic E-state index is 0.241. The van der Waals surface area contributed by atoms with Crippen LogP contribution in [0.25, 0.3) is 0 Å². The summed E-state index contributed by atoms with van der Waals surface area (Å²) < 4.78 is 0. The summed E-state index contributed by atoms with van der Waals surface area (Å²) in [4.78, 5) is 23.9. The van der Waals surface area contributed by atoms with Gasteiger partial charge in [0.15, 0.2) is 0 Å². The third-order valence-electron chi connectivity index (χ3n) is 3.55. The number of likely N-dealkylation sites (tertiary alicyclic amines) is 1. The summed E-state index contributed by atoms with van der Waals surface area (Å²) in [6.45, 7) is 1.37. The molecule has 1 fully saturated rings. The Balaban J connectivity index is 1.84. The quantitative estimate of drug-likeness (QED) is 0.677. The Morgan fingerprint density at radius 3 is 2.24 bits per heavy atom. The number of piperidine rings is 1. The van der Waals surface area contributed by atoms with E-state index in [0.717, 1.165) is 24.2 Å². The number of hydrogen-bond donors (Lipinski definition) is 4. The van der Waals surface area contributed by atoms with Crippen LogP contribution in [-0.2, 0) is 0 Å². The molecule has 0 aromatic heterocycles. The molecule has 114 valence electrons. The van der Waals surface area contributed by atoms with E-state index in [0.29, 0.717) is 19.1 Å². The second kappa shape index (κ2) is 6.83. The van der Waals surface area contributed by atoms with Gasteiger partial charge in [-0.1, -0.05) is 0 Å². The maximum atomic E-state index is 11.2. The Morgan fingerprint density at radius 1 is 1.14 bits per heavy atom.